The molecule has 0 aliphatic carbocycles. The van der Waals surface area contributed by atoms with Gasteiger partial charge in [-0.1, -0.05) is 6.92 Å². The topological polar surface area (TPSA) is 117 Å². The lowest BCUT2D eigenvalue weighted by Gasteiger charge is -2.17. The van der Waals surface area contributed by atoms with Crippen molar-refractivity contribution in [1.29, 1.82) is 0 Å². The van der Waals surface area contributed by atoms with Gasteiger partial charge in [0, 0.05) is 26.0 Å². The highest BCUT2D eigenvalue weighted by Crippen LogP contribution is 2.11. The molecular formula is C12H17N3O5S. The molecule has 1 unspecified atom stereocenters. The number of carboxylic acids is 1. The first kappa shape index (κ1) is 17.1. The zero-order valence-electron chi connectivity index (χ0n) is 11.7. The van der Waals surface area contributed by atoms with E-state index in [0.717, 1.165) is 4.31 Å². The lowest BCUT2D eigenvalue weighted by molar-refractivity contribution is -0.141. The molecule has 0 radical (unpaired) electrons. The molecule has 1 heterocycles. The maximum Gasteiger partial charge on any atom is 0.308 e. The van der Waals surface area contributed by atoms with E-state index in [0.29, 0.717) is 0 Å². The standard InChI is InChI=1S/C12H17N3O5S/c1-9(12(17)18)6-14-11(16)8-15(2)21(19,20)10-4-3-5-13-7-10/h3-5,7,9H,6,8H2,1-2H3,(H,14,16)(H,17,18). The predicted octanol–water partition coefficient (Wildman–Crippen LogP) is -0.461. The van der Waals surface area contributed by atoms with Gasteiger partial charge in [0.2, 0.25) is 15.9 Å². The molecule has 21 heavy (non-hydrogen) atoms. The molecule has 1 amide bonds. The van der Waals surface area contributed by atoms with E-state index in [1.165, 1.54) is 38.5 Å². The van der Waals surface area contributed by atoms with Crippen molar-refractivity contribution in [3.05, 3.63) is 24.5 Å². The van der Waals surface area contributed by atoms with Gasteiger partial charge in [-0.2, -0.15) is 4.31 Å². The van der Waals surface area contributed by atoms with Gasteiger partial charge >= 0.3 is 5.97 Å². The number of sulfonamides is 1. The molecule has 0 aromatic carbocycles. The molecule has 0 aliphatic rings. The SMILES string of the molecule is CC(CNC(=O)CN(C)S(=O)(=O)c1cccnc1)C(=O)O. The molecule has 0 fully saturated rings. The number of carbonyl (C=O) groups excluding carboxylic acids is 1. The molecular weight excluding hydrogens is 298 g/mol. The summed E-state index contributed by atoms with van der Waals surface area (Å²) in [7, 11) is -2.53. The van der Waals surface area contributed by atoms with E-state index in [-0.39, 0.29) is 11.4 Å². The number of aliphatic carboxylic acids is 1. The van der Waals surface area contributed by atoms with Crippen LogP contribution in [0, 0.1) is 5.92 Å². The number of amides is 1. The zero-order valence-corrected chi connectivity index (χ0v) is 12.5. The van der Waals surface area contributed by atoms with Gasteiger partial charge in [-0.15, -0.1) is 0 Å². The molecule has 116 valence electrons. The van der Waals surface area contributed by atoms with Gasteiger partial charge in [0.15, 0.2) is 0 Å². The second-order valence-corrected chi connectivity index (χ2v) is 6.54. The van der Waals surface area contributed by atoms with Crippen LogP contribution < -0.4 is 5.32 Å². The average Bonchev–Trinajstić information content (AvgIpc) is 2.45. The number of pyridine rings is 1. The molecule has 2 N–H and O–H groups in total. The van der Waals surface area contributed by atoms with Crippen molar-refractivity contribution in [3.63, 3.8) is 0 Å². The van der Waals surface area contributed by atoms with Gasteiger partial charge < -0.3 is 10.4 Å². The quantitative estimate of drug-likeness (QED) is 0.703. The number of nitrogens with one attached hydrogen (secondary N) is 1. The molecule has 0 saturated heterocycles. The van der Waals surface area contributed by atoms with E-state index in [2.05, 4.69) is 10.3 Å². The summed E-state index contributed by atoms with van der Waals surface area (Å²) in [5, 5.41) is 11.1. The van der Waals surface area contributed by atoms with Crippen LogP contribution in [0.15, 0.2) is 29.4 Å². The summed E-state index contributed by atoms with van der Waals surface area (Å²) in [5.41, 5.74) is 0. The third-order valence-corrected chi connectivity index (χ3v) is 4.52. The fourth-order valence-corrected chi connectivity index (χ4v) is 2.47. The van der Waals surface area contributed by atoms with Gasteiger partial charge in [-0.05, 0) is 12.1 Å². The average molecular weight is 315 g/mol. The Balaban J connectivity index is 2.62. The highest BCUT2D eigenvalue weighted by atomic mass is 32.2. The lowest BCUT2D eigenvalue weighted by atomic mass is 10.2. The van der Waals surface area contributed by atoms with Crippen LogP contribution in [0.3, 0.4) is 0 Å². The van der Waals surface area contributed by atoms with Crippen molar-refractivity contribution in [3.8, 4) is 0 Å². The third-order valence-electron chi connectivity index (χ3n) is 2.74. The Morgan fingerprint density at radius 3 is 2.67 bits per heavy atom. The first-order chi connectivity index (χ1) is 9.75. The summed E-state index contributed by atoms with van der Waals surface area (Å²) in [5.74, 6) is -2.35. The first-order valence-electron chi connectivity index (χ1n) is 6.11. The van der Waals surface area contributed by atoms with Crippen LogP contribution in [-0.2, 0) is 19.6 Å². The summed E-state index contributed by atoms with van der Waals surface area (Å²) in [6.45, 7) is 0.983. The maximum absolute atomic E-state index is 12.1. The molecule has 1 aromatic rings. The number of aromatic nitrogens is 1. The van der Waals surface area contributed by atoms with E-state index in [1.807, 2.05) is 0 Å². The van der Waals surface area contributed by atoms with Crippen LogP contribution in [-0.4, -0.2) is 54.8 Å². The monoisotopic (exact) mass is 315 g/mol. The fourth-order valence-electron chi connectivity index (χ4n) is 1.38. The number of nitrogens with zero attached hydrogens (tertiary/aromatic N) is 2. The Morgan fingerprint density at radius 1 is 1.48 bits per heavy atom. The molecule has 0 aliphatic heterocycles. The molecule has 8 nitrogen and oxygen atoms in total. The largest absolute Gasteiger partial charge is 0.481 e. The molecule has 9 heteroatoms. The number of likely N-dealkylation sites (N-methyl/N-ethyl adjacent to an activating group) is 1. The molecule has 0 spiro atoms. The van der Waals surface area contributed by atoms with Gasteiger partial charge in [-0.25, -0.2) is 8.42 Å². The van der Waals surface area contributed by atoms with E-state index >= 15 is 0 Å². The van der Waals surface area contributed by atoms with E-state index in [9.17, 15) is 18.0 Å². The Labute approximate surface area is 122 Å². The summed E-state index contributed by atoms with van der Waals surface area (Å²) in [6.07, 6.45) is 2.63. The number of rotatable bonds is 7. The van der Waals surface area contributed by atoms with Crippen LogP contribution in [0.2, 0.25) is 0 Å². The Hall–Kier alpha value is -2.00. The summed E-state index contributed by atoms with van der Waals surface area (Å²) < 4.78 is 25.1. The van der Waals surface area contributed by atoms with Crippen LogP contribution in [0.5, 0.6) is 0 Å². The Bertz CT molecular complexity index is 603. The van der Waals surface area contributed by atoms with Crippen LogP contribution in [0.1, 0.15) is 6.92 Å². The van der Waals surface area contributed by atoms with Crippen molar-refractivity contribution >= 4 is 21.9 Å². The second-order valence-electron chi connectivity index (χ2n) is 4.49. The minimum Gasteiger partial charge on any atom is -0.481 e. The highest BCUT2D eigenvalue weighted by Gasteiger charge is 2.23. The van der Waals surface area contributed by atoms with Gasteiger partial charge in [-0.3, -0.25) is 14.6 Å². The van der Waals surface area contributed by atoms with Crippen molar-refractivity contribution < 1.29 is 23.1 Å². The molecule has 0 saturated carbocycles. The number of carboxylic acid groups (broad SMARTS) is 1. The molecule has 1 rings (SSSR count). The molecule has 0 bridgehead atoms. The van der Waals surface area contributed by atoms with Crippen LogP contribution in [0.4, 0.5) is 0 Å². The number of hydrogen-bond donors (Lipinski definition) is 2. The molecule has 1 aromatic heterocycles. The normalized spacial score (nSPS) is 12.9. The summed E-state index contributed by atoms with van der Waals surface area (Å²) in [4.78, 5) is 26.0. The van der Waals surface area contributed by atoms with Crippen molar-refractivity contribution in [2.45, 2.75) is 11.8 Å². The smallest absolute Gasteiger partial charge is 0.308 e. The van der Waals surface area contributed by atoms with Crippen LogP contribution >= 0.6 is 0 Å². The summed E-state index contributed by atoms with van der Waals surface area (Å²) >= 11 is 0. The Morgan fingerprint density at radius 2 is 2.14 bits per heavy atom. The minimum absolute atomic E-state index is 0.0146. The van der Waals surface area contributed by atoms with Gasteiger partial charge in [0.25, 0.3) is 0 Å². The minimum atomic E-state index is -3.80. The van der Waals surface area contributed by atoms with E-state index < -0.39 is 34.4 Å². The van der Waals surface area contributed by atoms with Gasteiger partial charge in [0.1, 0.15) is 4.90 Å². The third kappa shape index (κ3) is 4.80. The molecule has 1 atom stereocenters. The second kappa shape index (κ2) is 7.14. The highest BCUT2D eigenvalue weighted by molar-refractivity contribution is 7.89. The summed E-state index contributed by atoms with van der Waals surface area (Å²) in [6, 6.07) is 2.86. The lowest BCUT2D eigenvalue weighted by Crippen LogP contribution is -2.40. The number of hydrogen-bond acceptors (Lipinski definition) is 5. The van der Waals surface area contributed by atoms with Crippen molar-refractivity contribution in [2.75, 3.05) is 20.1 Å². The van der Waals surface area contributed by atoms with Crippen molar-refractivity contribution in [2.24, 2.45) is 5.92 Å². The van der Waals surface area contributed by atoms with E-state index in [1.54, 1.807) is 0 Å². The fraction of sp³-hybridized carbons (Fsp3) is 0.417. The predicted molar refractivity (Wildman–Crippen MR) is 73.9 cm³/mol. The maximum atomic E-state index is 12.1. The van der Waals surface area contributed by atoms with Gasteiger partial charge in [0.05, 0.1) is 12.5 Å². The Kier molecular flexibility index (Phi) is 5.79. The van der Waals surface area contributed by atoms with Crippen molar-refractivity contribution in [1.82, 2.24) is 14.6 Å². The zero-order chi connectivity index (χ0) is 16.0. The number of carbonyl (C=O) groups is 2. The van der Waals surface area contributed by atoms with Crippen LogP contribution in [0.25, 0.3) is 0 Å². The first-order valence-corrected chi connectivity index (χ1v) is 7.55. The van der Waals surface area contributed by atoms with E-state index in [4.69, 9.17) is 5.11 Å².